The molecular formula is C18H23N5O3. The Balaban J connectivity index is 1.52. The van der Waals surface area contributed by atoms with Gasteiger partial charge in [-0.25, -0.2) is 4.98 Å². The van der Waals surface area contributed by atoms with Crippen molar-refractivity contribution in [3.8, 4) is 0 Å². The van der Waals surface area contributed by atoms with E-state index in [1.807, 2.05) is 6.92 Å². The molecule has 0 bridgehead atoms. The number of carbonyl (C=O) groups is 2. The predicted molar refractivity (Wildman–Crippen MR) is 92.4 cm³/mol. The number of nitrogens with one attached hydrogen (secondary N) is 2. The quantitative estimate of drug-likeness (QED) is 0.865. The van der Waals surface area contributed by atoms with Crippen molar-refractivity contribution in [1.82, 2.24) is 25.4 Å². The Labute approximate surface area is 151 Å². The SMILES string of the molecule is Cc1nc([C@@H]2CN(C(=O)c3ccoc3)C[C@H]2NC(=O)C2CCCC2)n[nH]1. The molecule has 1 saturated heterocycles. The van der Waals surface area contributed by atoms with Crippen LogP contribution in [0.1, 0.15) is 53.6 Å². The fourth-order valence-electron chi connectivity index (χ4n) is 3.96. The highest BCUT2D eigenvalue weighted by Crippen LogP contribution is 2.29. The van der Waals surface area contributed by atoms with Crippen molar-refractivity contribution in [2.75, 3.05) is 13.1 Å². The molecule has 2 aromatic heterocycles. The molecule has 0 aromatic carbocycles. The number of aromatic amines is 1. The molecule has 3 heterocycles. The third-order valence-electron chi connectivity index (χ3n) is 5.37. The zero-order chi connectivity index (χ0) is 18.1. The van der Waals surface area contributed by atoms with Crippen LogP contribution in [0.15, 0.2) is 23.0 Å². The Hall–Kier alpha value is -2.64. The van der Waals surface area contributed by atoms with Crippen LogP contribution in [0.3, 0.4) is 0 Å². The van der Waals surface area contributed by atoms with Gasteiger partial charge in [-0.2, -0.15) is 5.10 Å². The molecule has 2 N–H and O–H groups in total. The largest absolute Gasteiger partial charge is 0.472 e. The van der Waals surface area contributed by atoms with E-state index in [1.54, 1.807) is 11.0 Å². The van der Waals surface area contributed by atoms with E-state index < -0.39 is 0 Å². The van der Waals surface area contributed by atoms with Gasteiger partial charge in [0, 0.05) is 19.0 Å². The molecule has 0 radical (unpaired) electrons. The Morgan fingerprint density at radius 1 is 1.31 bits per heavy atom. The fraction of sp³-hybridized carbons (Fsp3) is 0.556. The molecule has 1 aliphatic carbocycles. The predicted octanol–water partition coefficient (Wildman–Crippen LogP) is 1.62. The minimum atomic E-state index is -0.186. The van der Waals surface area contributed by atoms with Crippen molar-refractivity contribution in [2.45, 2.75) is 44.6 Å². The van der Waals surface area contributed by atoms with Gasteiger partial charge < -0.3 is 14.6 Å². The van der Waals surface area contributed by atoms with E-state index in [9.17, 15) is 9.59 Å². The Morgan fingerprint density at radius 3 is 2.77 bits per heavy atom. The first-order valence-corrected chi connectivity index (χ1v) is 9.12. The number of amides is 2. The Morgan fingerprint density at radius 2 is 2.12 bits per heavy atom. The Bertz CT molecular complexity index is 779. The van der Waals surface area contributed by atoms with E-state index in [0.717, 1.165) is 31.5 Å². The van der Waals surface area contributed by atoms with Crippen LogP contribution in [-0.4, -0.2) is 51.0 Å². The van der Waals surface area contributed by atoms with Crippen LogP contribution >= 0.6 is 0 Å². The van der Waals surface area contributed by atoms with E-state index in [2.05, 4.69) is 20.5 Å². The number of likely N-dealkylation sites (tertiary alicyclic amines) is 1. The second kappa shape index (κ2) is 6.93. The van der Waals surface area contributed by atoms with Crippen molar-refractivity contribution in [3.05, 3.63) is 35.8 Å². The van der Waals surface area contributed by atoms with Crippen molar-refractivity contribution < 1.29 is 14.0 Å². The smallest absolute Gasteiger partial charge is 0.257 e. The number of furan rings is 1. The van der Waals surface area contributed by atoms with Crippen LogP contribution < -0.4 is 5.32 Å². The first-order chi connectivity index (χ1) is 12.6. The van der Waals surface area contributed by atoms with Crippen molar-refractivity contribution >= 4 is 11.8 Å². The molecule has 2 atom stereocenters. The summed E-state index contributed by atoms with van der Waals surface area (Å²) in [5.74, 6) is 1.31. The van der Waals surface area contributed by atoms with E-state index >= 15 is 0 Å². The minimum Gasteiger partial charge on any atom is -0.472 e. The molecule has 0 unspecified atom stereocenters. The van der Waals surface area contributed by atoms with Crippen LogP contribution in [0.5, 0.6) is 0 Å². The summed E-state index contributed by atoms with van der Waals surface area (Å²) in [4.78, 5) is 31.5. The summed E-state index contributed by atoms with van der Waals surface area (Å²) in [7, 11) is 0. The second-order valence-corrected chi connectivity index (χ2v) is 7.20. The molecule has 2 amide bonds. The average molecular weight is 357 g/mol. The lowest BCUT2D eigenvalue weighted by Crippen LogP contribution is -2.43. The van der Waals surface area contributed by atoms with E-state index in [0.29, 0.717) is 24.5 Å². The molecule has 26 heavy (non-hydrogen) atoms. The lowest BCUT2D eigenvalue weighted by atomic mass is 10.0. The van der Waals surface area contributed by atoms with Gasteiger partial charge in [0.2, 0.25) is 5.91 Å². The van der Waals surface area contributed by atoms with Crippen LogP contribution in [0.25, 0.3) is 0 Å². The molecule has 1 aliphatic heterocycles. The number of rotatable bonds is 4. The number of hydrogen-bond donors (Lipinski definition) is 2. The van der Waals surface area contributed by atoms with Crippen molar-refractivity contribution in [2.24, 2.45) is 5.92 Å². The third kappa shape index (κ3) is 3.23. The molecule has 0 spiro atoms. The van der Waals surface area contributed by atoms with Gasteiger partial charge in [-0.1, -0.05) is 12.8 Å². The maximum Gasteiger partial charge on any atom is 0.257 e. The van der Waals surface area contributed by atoms with Gasteiger partial charge in [0.05, 0.1) is 23.8 Å². The number of hydrogen-bond acceptors (Lipinski definition) is 5. The highest BCUT2D eigenvalue weighted by molar-refractivity contribution is 5.94. The van der Waals surface area contributed by atoms with Crippen LogP contribution in [0, 0.1) is 12.8 Å². The van der Waals surface area contributed by atoms with Crippen LogP contribution in [0.2, 0.25) is 0 Å². The van der Waals surface area contributed by atoms with E-state index in [1.165, 1.54) is 12.5 Å². The summed E-state index contributed by atoms with van der Waals surface area (Å²) >= 11 is 0. The topological polar surface area (TPSA) is 104 Å². The number of H-pyrrole nitrogens is 1. The number of carbonyl (C=O) groups excluding carboxylic acids is 2. The molecule has 1 saturated carbocycles. The normalized spacial score (nSPS) is 23.5. The van der Waals surface area contributed by atoms with Gasteiger partial charge >= 0.3 is 0 Å². The molecule has 8 heteroatoms. The van der Waals surface area contributed by atoms with Gasteiger partial charge in [0.1, 0.15) is 12.1 Å². The van der Waals surface area contributed by atoms with Gasteiger partial charge in [-0.15, -0.1) is 0 Å². The maximum absolute atomic E-state index is 12.7. The van der Waals surface area contributed by atoms with E-state index in [-0.39, 0.29) is 29.7 Å². The molecule has 8 nitrogen and oxygen atoms in total. The van der Waals surface area contributed by atoms with E-state index in [4.69, 9.17) is 4.42 Å². The zero-order valence-corrected chi connectivity index (χ0v) is 14.8. The minimum absolute atomic E-state index is 0.0855. The second-order valence-electron chi connectivity index (χ2n) is 7.20. The lowest BCUT2D eigenvalue weighted by molar-refractivity contribution is -0.125. The first kappa shape index (κ1) is 16.8. The molecule has 4 rings (SSSR count). The summed E-state index contributed by atoms with van der Waals surface area (Å²) in [6.07, 6.45) is 7.04. The molecule has 2 fully saturated rings. The maximum atomic E-state index is 12.7. The third-order valence-corrected chi connectivity index (χ3v) is 5.37. The molecule has 138 valence electrons. The van der Waals surface area contributed by atoms with Crippen molar-refractivity contribution in [1.29, 1.82) is 0 Å². The summed E-state index contributed by atoms with van der Waals surface area (Å²) in [5.41, 5.74) is 0.512. The molecular weight excluding hydrogens is 334 g/mol. The monoisotopic (exact) mass is 357 g/mol. The fourth-order valence-corrected chi connectivity index (χ4v) is 3.96. The zero-order valence-electron chi connectivity index (χ0n) is 14.8. The number of nitrogens with zero attached hydrogens (tertiary/aromatic N) is 3. The summed E-state index contributed by atoms with van der Waals surface area (Å²) in [6, 6.07) is 1.47. The highest BCUT2D eigenvalue weighted by Gasteiger charge is 2.40. The number of aryl methyl sites for hydroxylation is 1. The van der Waals surface area contributed by atoms with Gasteiger partial charge in [-0.3, -0.25) is 14.7 Å². The van der Waals surface area contributed by atoms with Crippen molar-refractivity contribution in [3.63, 3.8) is 0 Å². The first-order valence-electron chi connectivity index (χ1n) is 9.12. The van der Waals surface area contributed by atoms with Gasteiger partial charge in [0.25, 0.3) is 5.91 Å². The average Bonchev–Trinajstić information content (AvgIpc) is 3.40. The summed E-state index contributed by atoms with van der Waals surface area (Å²) < 4.78 is 5.02. The lowest BCUT2D eigenvalue weighted by Gasteiger charge is -2.20. The Kier molecular flexibility index (Phi) is 4.48. The standard InChI is InChI=1S/C18H23N5O3/c1-11-19-16(22-21-11)14-8-23(18(25)13-6-7-26-10-13)9-15(14)20-17(24)12-4-2-3-5-12/h6-7,10,12,14-15H,2-5,8-9H2,1H3,(H,20,24)(H,19,21,22)/t14-,15-/m1/s1. The molecule has 2 aliphatic rings. The van der Waals surface area contributed by atoms with Gasteiger partial charge in [-0.05, 0) is 25.8 Å². The van der Waals surface area contributed by atoms with Crippen LogP contribution in [0.4, 0.5) is 0 Å². The highest BCUT2D eigenvalue weighted by atomic mass is 16.3. The van der Waals surface area contributed by atoms with Crippen LogP contribution in [-0.2, 0) is 4.79 Å². The molecule has 2 aromatic rings. The summed E-state index contributed by atoms with van der Waals surface area (Å²) in [6.45, 7) is 2.75. The summed E-state index contributed by atoms with van der Waals surface area (Å²) in [5, 5.41) is 10.3. The number of aromatic nitrogens is 3. The van der Waals surface area contributed by atoms with Gasteiger partial charge in [0.15, 0.2) is 5.82 Å².